The predicted molar refractivity (Wildman–Crippen MR) is 79.1 cm³/mol. The number of nitrogens with one attached hydrogen (secondary N) is 2. The van der Waals surface area contributed by atoms with Gasteiger partial charge in [0.1, 0.15) is 0 Å². The molecule has 2 N–H and O–H groups in total. The van der Waals surface area contributed by atoms with Gasteiger partial charge in [-0.15, -0.1) is 0 Å². The fourth-order valence-electron chi connectivity index (χ4n) is 3.69. The molecule has 1 fully saturated rings. The Morgan fingerprint density at radius 1 is 1.32 bits per heavy atom. The first-order chi connectivity index (χ1) is 8.69. The summed E-state index contributed by atoms with van der Waals surface area (Å²) in [4.78, 5) is 0. The van der Waals surface area contributed by atoms with E-state index in [2.05, 4.69) is 56.4 Å². The van der Waals surface area contributed by atoms with E-state index < -0.39 is 0 Å². The van der Waals surface area contributed by atoms with Crippen LogP contribution in [0, 0.1) is 0 Å². The molecule has 2 heterocycles. The van der Waals surface area contributed by atoms with E-state index in [4.69, 9.17) is 0 Å². The van der Waals surface area contributed by atoms with Gasteiger partial charge in [0, 0.05) is 36.4 Å². The van der Waals surface area contributed by atoms with Crippen molar-refractivity contribution in [2.75, 3.05) is 0 Å². The molecule has 0 aliphatic carbocycles. The zero-order valence-electron chi connectivity index (χ0n) is 13.1. The highest BCUT2D eigenvalue weighted by Gasteiger charge is 2.38. The van der Waals surface area contributed by atoms with E-state index in [1.54, 1.807) is 0 Å². The van der Waals surface area contributed by atoms with Crippen molar-refractivity contribution < 1.29 is 0 Å². The van der Waals surface area contributed by atoms with Crippen LogP contribution in [0.5, 0.6) is 0 Å². The first kappa shape index (κ1) is 14.5. The zero-order valence-corrected chi connectivity index (χ0v) is 13.1. The third-order valence-corrected chi connectivity index (χ3v) is 3.98. The average Bonchev–Trinajstić information content (AvgIpc) is 2.58. The molecule has 0 radical (unpaired) electrons. The lowest BCUT2D eigenvalue weighted by Crippen LogP contribution is -2.61. The largest absolute Gasteiger partial charge is 0.307 e. The standard InChI is InChI=1S/C15H28N4/c1-11(13-7-8-16-19(13)6)17-12-9-14(2,3)18-15(4,5)10-12/h7-8,11-12,17-18H,9-10H2,1-6H3. The molecule has 108 valence electrons. The van der Waals surface area contributed by atoms with Crippen molar-refractivity contribution in [3.05, 3.63) is 18.0 Å². The van der Waals surface area contributed by atoms with Crippen LogP contribution in [0.2, 0.25) is 0 Å². The molecule has 2 rings (SSSR count). The fourth-order valence-corrected chi connectivity index (χ4v) is 3.69. The summed E-state index contributed by atoms with van der Waals surface area (Å²) in [6.07, 6.45) is 4.17. The third kappa shape index (κ3) is 3.57. The molecule has 1 aromatic rings. The van der Waals surface area contributed by atoms with Crippen molar-refractivity contribution in [3.63, 3.8) is 0 Å². The van der Waals surface area contributed by atoms with Gasteiger partial charge in [-0.1, -0.05) is 0 Å². The topological polar surface area (TPSA) is 41.9 Å². The Morgan fingerprint density at radius 2 is 1.89 bits per heavy atom. The quantitative estimate of drug-likeness (QED) is 0.881. The molecule has 1 aromatic heterocycles. The lowest BCUT2D eigenvalue weighted by molar-refractivity contribution is 0.140. The highest BCUT2D eigenvalue weighted by atomic mass is 15.3. The molecular formula is C15H28N4. The Morgan fingerprint density at radius 3 is 2.37 bits per heavy atom. The minimum atomic E-state index is 0.186. The Hall–Kier alpha value is -0.870. The molecule has 0 amide bonds. The Bertz CT molecular complexity index is 417. The highest BCUT2D eigenvalue weighted by Crippen LogP contribution is 2.29. The summed E-state index contributed by atoms with van der Waals surface area (Å²) in [6, 6.07) is 2.97. The van der Waals surface area contributed by atoms with Crippen LogP contribution >= 0.6 is 0 Å². The van der Waals surface area contributed by atoms with Gasteiger partial charge in [0.2, 0.25) is 0 Å². The van der Waals surface area contributed by atoms with E-state index in [9.17, 15) is 0 Å². The fraction of sp³-hybridized carbons (Fsp3) is 0.800. The van der Waals surface area contributed by atoms with Crippen LogP contribution in [0.4, 0.5) is 0 Å². The highest BCUT2D eigenvalue weighted by molar-refractivity contribution is 5.07. The lowest BCUT2D eigenvalue weighted by atomic mass is 9.79. The maximum absolute atomic E-state index is 4.25. The summed E-state index contributed by atoms with van der Waals surface area (Å²) < 4.78 is 1.95. The van der Waals surface area contributed by atoms with E-state index in [1.807, 2.05) is 17.9 Å². The van der Waals surface area contributed by atoms with E-state index in [0.717, 1.165) is 12.8 Å². The molecule has 4 heteroatoms. The second-order valence-corrected chi connectivity index (χ2v) is 7.27. The molecule has 4 nitrogen and oxygen atoms in total. The first-order valence-electron chi connectivity index (χ1n) is 7.22. The predicted octanol–water partition coefficient (Wildman–Crippen LogP) is 2.38. The third-order valence-electron chi connectivity index (χ3n) is 3.98. The Labute approximate surface area is 117 Å². The summed E-state index contributed by atoms with van der Waals surface area (Å²) in [7, 11) is 2.00. The maximum atomic E-state index is 4.25. The van der Waals surface area contributed by atoms with Crippen molar-refractivity contribution in [2.24, 2.45) is 7.05 Å². The molecule has 0 spiro atoms. The normalized spacial score (nSPS) is 24.3. The maximum Gasteiger partial charge on any atom is 0.0547 e. The van der Waals surface area contributed by atoms with Crippen LogP contribution in [0.25, 0.3) is 0 Å². The summed E-state index contributed by atoms with van der Waals surface area (Å²) in [5.41, 5.74) is 1.62. The Kier molecular flexibility index (Phi) is 3.76. The van der Waals surface area contributed by atoms with E-state index >= 15 is 0 Å². The smallest absolute Gasteiger partial charge is 0.0547 e. The molecule has 1 unspecified atom stereocenters. The molecule has 0 bridgehead atoms. The molecule has 1 aliphatic rings. The number of aromatic nitrogens is 2. The van der Waals surface area contributed by atoms with Gasteiger partial charge in [-0.25, -0.2) is 0 Å². The first-order valence-corrected chi connectivity index (χ1v) is 7.22. The minimum Gasteiger partial charge on any atom is -0.307 e. The molecule has 0 saturated carbocycles. The second kappa shape index (κ2) is 4.91. The van der Waals surface area contributed by atoms with Crippen LogP contribution in [0.3, 0.4) is 0 Å². The lowest BCUT2D eigenvalue weighted by Gasteiger charge is -2.47. The number of nitrogens with zero attached hydrogens (tertiary/aromatic N) is 2. The van der Waals surface area contributed by atoms with Gasteiger partial charge in [-0.2, -0.15) is 5.10 Å². The van der Waals surface area contributed by atoms with E-state index in [1.165, 1.54) is 5.69 Å². The van der Waals surface area contributed by atoms with Crippen LogP contribution in [-0.2, 0) is 7.05 Å². The van der Waals surface area contributed by atoms with E-state index in [0.29, 0.717) is 12.1 Å². The number of hydrogen-bond donors (Lipinski definition) is 2. The van der Waals surface area contributed by atoms with Crippen molar-refractivity contribution in [1.82, 2.24) is 20.4 Å². The van der Waals surface area contributed by atoms with Crippen molar-refractivity contribution in [1.29, 1.82) is 0 Å². The zero-order chi connectivity index (χ0) is 14.3. The molecule has 0 aromatic carbocycles. The van der Waals surface area contributed by atoms with Crippen molar-refractivity contribution in [2.45, 2.75) is 70.6 Å². The van der Waals surface area contributed by atoms with Crippen LogP contribution < -0.4 is 10.6 Å². The monoisotopic (exact) mass is 264 g/mol. The van der Waals surface area contributed by atoms with Crippen LogP contribution in [0.1, 0.15) is 59.2 Å². The van der Waals surface area contributed by atoms with Crippen LogP contribution in [-0.4, -0.2) is 26.9 Å². The SMILES string of the molecule is CC(NC1CC(C)(C)NC(C)(C)C1)c1ccnn1C. The molecular weight excluding hydrogens is 236 g/mol. The van der Waals surface area contributed by atoms with Gasteiger partial charge in [-0.05, 0) is 53.5 Å². The summed E-state index contributed by atoms with van der Waals surface area (Å²) in [5, 5.41) is 11.7. The van der Waals surface area contributed by atoms with Gasteiger partial charge >= 0.3 is 0 Å². The number of hydrogen-bond acceptors (Lipinski definition) is 3. The Balaban J connectivity index is 2.05. The van der Waals surface area contributed by atoms with Gasteiger partial charge < -0.3 is 10.6 Å². The average molecular weight is 264 g/mol. The summed E-state index contributed by atoms with van der Waals surface area (Å²) in [5.74, 6) is 0. The van der Waals surface area contributed by atoms with Crippen molar-refractivity contribution >= 4 is 0 Å². The van der Waals surface area contributed by atoms with E-state index in [-0.39, 0.29) is 11.1 Å². The minimum absolute atomic E-state index is 0.186. The van der Waals surface area contributed by atoms with Gasteiger partial charge in [0.15, 0.2) is 0 Å². The molecule has 1 saturated heterocycles. The summed E-state index contributed by atoms with van der Waals surface area (Å²) in [6.45, 7) is 11.4. The molecule has 19 heavy (non-hydrogen) atoms. The van der Waals surface area contributed by atoms with Crippen LogP contribution in [0.15, 0.2) is 12.3 Å². The summed E-state index contributed by atoms with van der Waals surface area (Å²) >= 11 is 0. The number of rotatable bonds is 3. The second-order valence-electron chi connectivity index (χ2n) is 7.27. The number of aryl methyl sites for hydroxylation is 1. The van der Waals surface area contributed by atoms with Gasteiger partial charge in [0.05, 0.1) is 5.69 Å². The molecule has 1 atom stereocenters. The van der Waals surface area contributed by atoms with Crippen molar-refractivity contribution in [3.8, 4) is 0 Å². The molecule has 1 aliphatic heterocycles. The number of piperidine rings is 1. The van der Waals surface area contributed by atoms with Gasteiger partial charge in [0.25, 0.3) is 0 Å². The van der Waals surface area contributed by atoms with Gasteiger partial charge in [-0.3, -0.25) is 4.68 Å².